The van der Waals surface area contributed by atoms with Gasteiger partial charge in [-0.05, 0) is 49.8 Å². The molecule has 0 aliphatic heterocycles. The second kappa shape index (κ2) is 4.78. The third-order valence-corrected chi connectivity index (χ3v) is 4.89. The third-order valence-electron chi connectivity index (χ3n) is 3.31. The highest BCUT2D eigenvalue weighted by Crippen LogP contribution is 2.33. The minimum Gasteiger partial charge on any atom is -0.208 e. The zero-order valence-corrected chi connectivity index (χ0v) is 11.1. The van der Waals surface area contributed by atoms with Gasteiger partial charge in [-0.15, -0.1) is 0 Å². The number of nitrogens with one attached hydrogen (secondary N) is 1. The minimum absolute atomic E-state index is 0.0471. The maximum absolute atomic E-state index is 12.1. The quantitative estimate of drug-likeness (QED) is 0.875. The number of sulfonamides is 1. The predicted octanol–water partition coefficient (Wildman–Crippen LogP) is 2.33. The van der Waals surface area contributed by atoms with Crippen molar-refractivity contribution in [1.82, 2.24) is 4.72 Å². The number of rotatable bonds is 5. The highest BCUT2D eigenvalue weighted by Gasteiger charge is 2.31. The second-order valence-corrected chi connectivity index (χ2v) is 6.46. The van der Waals surface area contributed by atoms with Gasteiger partial charge in [0.2, 0.25) is 10.0 Å². The van der Waals surface area contributed by atoms with Gasteiger partial charge in [0.1, 0.15) is 0 Å². The van der Waals surface area contributed by atoms with E-state index >= 15 is 0 Å². The number of hydrogen-bond donors (Lipinski definition) is 1. The van der Waals surface area contributed by atoms with Gasteiger partial charge < -0.3 is 0 Å². The Balaban J connectivity index is 2.12. The first-order chi connectivity index (χ1) is 8.03. The summed E-state index contributed by atoms with van der Waals surface area (Å²) in [4.78, 5) is 0.363. The Bertz CT molecular complexity index is 475. The molecule has 1 aromatic rings. The van der Waals surface area contributed by atoms with Crippen molar-refractivity contribution in [1.29, 1.82) is 0 Å². The van der Waals surface area contributed by atoms with Crippen molar-refractivity contribution in [2.75, 3.05) is 0 Å². The van der Waals surface area contributed by atoms with Crippen LogP contribution in [0.1, 0.15) is 32.3 Å². The summed E-state index contributed by atoms with van der Waals surface area (Å²) in [6.07, 6.45) is 3.20. The van der Waals surface area contributed by atoms with E-state index in [0.29, 0.717) is 10.8 Å². The monoisotopic (exact) mass is 253 g/mol. The van der Waals surface area contributed by atoms with Gasteiger partial charge in [0.15, 0.2) is 0 Å². The molecule has 1 aliphatic carbocycles. The number of hydrogen-bond acceptors (Lipinski definition) is 2. The molecular formula is C13H19NO2S. The Hall–Kier alpha value is -0.870. The maximum Gasteiger partial charge on any atom is 0.240 e. The van der Waals surface area contributed by atoms with Crippen LogP contribution in [-0.4, -0.2) is 14.5 Å². The first-order valence-corrected chi connectivity index (χ1v) is 7.62. The SMILES string of the molecule is CCc1ccc(S(=O)(=O)N[C@@H](C)C2CC2)cc1. The molecule has 1 aromatic carbocycles. The van der Waals surface area contributed by atoms with Crippen LogP contribution in [0.2, 0.25) is 0 Å². The second-order valence-electron chi connectivity index (χ2n) is 4.74. The largest absolute Gasteiger partial charge is 0.240 e. The molecule has 1 fully saturated rings. The van der Waals surface area contributed by atoms with Crippen LogP contribution in [0.5, 0.6) is 0 Å². The van der Waals surface area contributed by atoms with E-state index in [1.807, 2.05) is 19.1 Å². The Morgan fingerprint density at radius 2 is 1.88 bits per heavy atom. The van der Waals surface area contributed by atoms with Crippen LogP contribution in [0.25, 0.3) is 0 Å². The van der Waals surface area contributed by atoms with Gasteiger partial charge in [-0.25, -0.2) is 13.1 Å². The number of aryl methyl sites for hydroxylation is 1. The normalized spacial score (nSPS) is 18.0. The van der Waals surface area contributed by atoms with Gasteiger partial charge in [-0.2, -0.15) is 0 Å². The van der Waals surface area contributed by atoms with Crippen LogP contribution in [0.15, 0.2) is 29.2 Å². The van der Waals surface area contributed by atoms with Crippen LogP contribution in [-0.2, 0) is 16.4 Å². The summed E-state index contributed by atoms with van der Waals surface area (Å²) in [5.74, 6) is 0.527. The molecule has 0 radical (unpaired) electrons. The molecule has 1 saturated carbocycles. The molecule has 1 atom stereocenters. The van der Waals surface area contributed by atoms with E-state index in [1.54, 1.807) is 12.1 Å². The van der Waals surface area contributed by atoms with Crippen molar-refractivity contribution < 1.29 is 8.42 Å². The standard InChI is InChI=1S/C13H19NO2S/c1-3-11-4-8-13(9-5-11)17(15,16)14-10(2)12-6-7-12/h4-5,8-10,12,14H,3,6-7H2,1-2H3/t10-/m0/s1. The average molecular weight is 253 g/mol. The third kappa shape index (κ3) is 3.07. The molecule has 0 spiro atoms. The van der Waals surface area contributed by atoms with E-state index in [9.17, 15) is 8.42 Å². The zero-order valence-electron chi connectivity index (χ0n) is 10.3. The summed E-state index contributed by atoms with van der Waals surface area (Å²) in [5.41, 5.74) is 1.15. The molecule has 1 aliphatic rings. The molecule has 0 amide bonds. The van der Waals surface area contributed by atoms with E-state index in [2.05, 4.69) is 11.6 Å². The van der Waals surface area contributed by atoms with Gasteiger partial charge in [-0.1, -0.05) is 19.1 Å². The molecule has 0 heterocycles. The van der Waals surface area contributed by atoms with Crippen LogP contribution >= 0.6 is 0 Å². The predicted molar refractivity (Wildman–Crippen MR) is 68.3 cm³/mol. The van der Waals surface area contributed by atoms with E-state index in [-0.39, 0.29) is 6.04 Å². The molecule has 4 heteroatoms. The molecule has 3 nitrogen and oxygen atoms in total. The molecule has 0 aromatic heterocycles. The molecular weight excluding hydrogens is 234 g/mol. The van der Waals surface area contributed by atoms with Gasteiger partial charge >= 0.3 is 0 Å². The minimum atomic E-state index is -3.34. The maximum atomic E-state index is 12.1. The van der Waals surface area contributed by atoms with Gasteiger partial charge in [-0.3, -0.25) is 0 Å². The van der Waals surface area contributed by atoms with Gasteiger partial charge in [0, 0.05) is 6.04 Å². The van der Waals surface area contributed by atoms with E-state index in [0.717, 1.165) is 24.8 Å². The molecule has 0 unspecified atom stereocenters. The van der Waals surface area contributed by atoms with Crippen molar-refractivity contribution in [2.24, 2.45) is 5.92 Å². The lowest BCUT2D eigenvalue weighted by atomic mass is 10.2. The summed E-state index contributed by atoms with van der Waals surface area (Å²) in [5, 5.41) is 0. The molecule has 17 heavy (non-hydrogen) atoms. The summed E-state index contributed by atoms with van der Waals surface area (Å²) < 4.78 is 26.9. The van der Waals surface area contributed by atoms with Crippen molar-refractivity contribution in [3.8, 4) is 0 Å². The Morgan fingerprint density at radius 3 is 2.35 bits per heavy atom. The highest BCUT2D eigenvalue weighted by molar-refractivity contribution is 7.89. The van der Waals surface area contributed by atoms with Crippen molar-refractivity contribution in [2.45, 2.75) is 44.0 Å². The lowest BCUT2D eigenvalue weighted by Gasteiger charge is -2.13. The fraction of sp³-hybridized carbons (Fsp3) is 0.538. The Morgan fingerprint density at radius 1 is 1.29 bits per heavy atom. The first-order valence-electron chi connectivity index (χ1n) is 6.14. The summed E-state index contributed by atoms with van der Waals surface area (Å²) in [7, 11) is -3.34. The van der Waals surface area contributed by atoms with Crippen LogP contribution in [0.4, 0.5) is 0 Å². The smallest absolute Gasteiger partial charge is 0.208 e. The van der Waals surface area contributed by atoms with Gasteiger partial charge in [0.05, 0.1) is 4.90 Å². The highest BCUT2D eigenvalue weighted by atomic mass is 32.2. The molecule has 0 bridgehead atoms. The summed E-state index contributed by atoms with van der Waals surface area (Å²) in [6, 6.07) is 7.15. The summed E-state index contributed by atoms with van der Waals surface area (Å²) in [6.45, 7) is 3.99. The Kier molecular flexibility index (Phi) is 3.54. The fourth-order valence-electron chi connectivity index (χ4n) is 1.91. The van der Waals surface area contributed by atoms with E-state index < -0.39 is 10.0 Å². The van der Waals surface area contributed by atoms with Gasteiger partial charge in [0.25, 0.3) is 0 Å². The van der Waals surface area contributed by atoms with E-state index in [1.165, 1.54) is 0 Å². The molecule has 0 saturated heterocycles. The lowest BCUT2D eigenvalue weighted by Crippen LogP contribution is -2.33. The lowest BCUT2D eigenvalue weighted by molar-refractivity contribution is 0.538. The van der Waals surface area contributed by atoms with Crippen molar-refractivity contribution in [3.63, 3.8) is 0 Å². The fourth-order valence-corrected chi connectivity index (χ4v) is 3.22. The number of benzene rings is 1. The first kappa shape index (κ1) is 12.6. The topological polar surface area (TPSA) is 46.2 Å². The Labute approximate surface area is 103 Å². The van der Waals surface area contributed by atoms with Crippen molar-refractivity contribution >= 4 is 10.0 Å². The van der Waals surface area contributed by atoms with Crippen LogP contribution < -0.4 is 4.72 Å². The average Bonchev–Trinajstić information content (AvgIpc) is 3.12. The van der Waals surface area contributed by atoms with Crippen LogP contribution in [0, 0.1) is 5.92 Å². The van der Waals surface area contributed by atoms with Crippen molar-refractivity contribution in [3.05, 3.63) is 29.8 Å². The van der Waals surface area contributed by atoms with Crippen LogP contribution in [0.3, 0.4) is 0 Å². The zero-order chi connectivity index (χ0) is 12.5. The van der Waals surface area contributed by atoms with E-state index in [4.69, 9.17) is 0 Å². The molecule has 94 valence electrons. The summed E-state index contributed by atoms with van der Waals surface area (Å²) >= 11 is 0. The molecule has 1 N–H and O–H groups in total. The molecule has 2 rings (SSSR count).